The van der Waals surface area contributed by atoms with Crippen molar-refractivity contribution in [3.05, 3.63) is 18.0 Å². The van der Waals surface area contributed by atoms with Crippen molar-refractivity contribution in [2.75, 3.05) is 13.1 Å². The molecule has 1 aliphatic carbocycles. The molecular weight excluding hydrogens is 210 g/mol. The van der Waals surface area contributed by atoms with Crippen molar-refractivity contribution in [1.82, 2.24) is 15.1 Å². The first-order chi connectivity index (χ1) is 8.25. The molecule has 1 fully saturated rings. The maximum atomic E-state index is 4.69. The lowest BCUT2D eigenvalue weighted by Crippen LogP contribution is -2.22. The third-order valence-electron chi connectivity index (χ3n) is 3.47. The van der Waals surface area contributed by atoms with Gasteiger partial charge in [0.15, 0.2) is 0 Å². The highest BCUT2D eigenvalue weighted by molar-refractivity contribution is 5.00. The Morgan fingerprint density at radius 2 is 2.18 bits per heavy atom. The van der Waals surface area contributed by atoms with Crippen LogP contribution in [0.4, 0.5) is 0 Å². The number of rotatable bonds is 6. The largest absolute Gasteiger partial charge is 0.316 e. The summed E-state index contributed by atoms with van der Waals surface area (Å²) in [6.45, 7) is 6.62. The Morgan fingerprint density at radius 1 is 1.41 bits per heavy atom. The predicted octanol–water partition coefficient (Wildman–Crippen LogP) is 2.79. The second-order valence-corrected chi connectivity index (χ2v) is 5.57. The Bertz CT molecular complexity index is 324. The SMILES string of the molecule is CC(C)CNCCc1ccn(C2CCCC2)n1. The third kappa shape index (κ3) is 3.84. The van der Waals surface area contributed by atoms with Crippen LogP contribution >= 0.6 is 0 Å². The van der Waals surface area contributed by atoms with Gasteiger partial charge in [0.1, 0.15) is 0 Å². The average molecular weight is 235 g/mol. The molecule has 1 N–H and O–H groups in total. The fourth-order valence-corrected chi connectivity index (χ4v) is 2.49. The van der Waals surface area contributed by atoms with Gasteiger partial charge in [-0.15, -0.1) is 0 Å². The lowest BCUT2D eigenvalue weighted by molar-refractivity contribution is 0.461. The van der Waals surface area contributed by atoms with Crippen LogP contribution < -0.4 is 5.32 Å². The molecule has 96 valence electrons. The highest BCUT2D eigenvalue weighted by Crippen LogP contribution is 2.28. The lowest BCUT2D eigenvalue weighted by Gasteiger charge is -2.09. The van der Waals surface area contributed by atoms with Crippen LogP contribution in [0, 0.1) is 5.92 Å². The van der Waals surface area contributed by atoms with Gasteiger partial charge in [-0.3, -0.25) is 4.68 Å². The number of hydrogen-bond acceptors (Lipinski definition) is 2. The smallest absolute Gasteiger partial charge is 0.0637 e. The van der Waals surface area contributed by atoms with E-state index in [0.717, 1.165) is 25.4 Å². The standard InChI is InChI=1S/C14H25N3/c1-12(2)11-15-9-7-13-8-10-17(16-13)14-5-3-4-6-14/h8,10,12,14-15H,3-7,9,11H2,1-2H3. The molecule has 17 heavy (non-hydrogen) atoms. The van der Waals surface area contributed by atoms with Crippen LogP contribution in [0.15, 0.2) is 12.3 Å². The summed E-state index contributed by atoms with van der Waals surface area (Å²) < 4.78 is 2.19. The summed E-state index contributed by atoms with van der Waals surface area (Å²) in [6.07, 6.45) is 8.57. The zero-order valence-corrected chi connectivity index (χ0v) is 11.2. The van der Waals surface area contributed by atoms with Gasteiger partial charge < -0.3 is 5.32 Å². The van der Waals surface area contributed by atoms with E-state index in [1.807, 2.05) is 0 Å². The summed E-state index contributed by atoms with van der Waals surface area (Å²) in [6, 6.07) is 2.85. The Morgan fingerprint density at radius 3 is 2.88 bits per heavy atom. The summed E-state index contributed by atoms with van der Waals surface area (Å²) >= 11 is 0. The number of nitrogens with zero attached hydrogens (tertiary/aromatic N) is 2. The molecular formula is C14H25N3. The number of nitrogens with one attached hydrogen (secondary N) is 1. The van der Waals surface area contributed by atoms with E-state index < -0.39 is 0 Å². The van der Waals surface area contributed by atoms with Crippen LogP contribution in [0.2, 0.25) is 0 Å². The predicted molar refractivity (Wildman–Crippen MR) is 71.1 cm³/mol. The van der Waals surface area contributed by atoms with E-state index in [4.69, 9.17) is 0 Å². The highest BCUT2D eigenvalue weighted by Gasteiger charge is 2.17. The molecule has 2 rings (SSSR count). The van der Waals surface area contributed by atoms with Crippen molar-refractivity contribution in [2.45, 2.75) is 52.0 Å². The van der Waals surface area contributed by atoms with Crippen LogP contribution in [-0.4, -0.2) is 22.9 Å². The monoisotopic (exact) mass is 235 g/mol. The van der Waals surface area contributed by atoms with E-state index in [2.05, 4.69) is 41.2 Å². The minimum Gasteiger partial charge on any atom is -0.316 e. The van der Waals surface area contributed by atoms with Gasteiger partial charge in [-0.2, -0.15) is 5.10 Å². The Kier molecular flexibility index (Phi) is 4.60. The first-order valence-corrected chi connectivity index (χ1v) is 7.00. The van der Waals surface area contributed by atoms with Crippen molar-refractivity contribution in [3.8, 4) is 0 Å². The van der Waals surface area contributed by atoms with Gasteiger partial charge in [-0.05, 0) is 31.4 Å². The first-order valence-electron chi connectivity index (χ1n) is 7.00. The zero-order chi connectivity index (χ0) is 12.1. The molecule has 0 saturated heterocycles. The summed E-state index contributed by atoms with van der Waals surface area (Å²) in [7, 11) is 0. The van der Waals surface area contributed by atoms with E-state index in [0.29, 0.717) is 6.04 Å². The van der Waals surface area contributed by atoms with Crippen molar-refractivity contribution in [2.24, 2.45) is 5.92 Å². The Balaban J connectivity index is 1.74. The highest BCUT2D eigenvalue weighted by atomic mass is 15.3. The molecule has 3 heteroatoms. The van der Waals surface area contributed by atoms with Crippen molar-refractivity contribution < 1.29 is 0 Å². The van der Waals surface area contributed by atoms with Gasteiger partial charge in [0.05, 0.1) is 11.7 Å². The molecule has 0 aromatic carbocycles. The van der Waals surface area contributed by atoms with E-state index in [1.54, 1.807) is 0 Å². The first kappa shape index (κ1) is 12.6. The van der Waals surface area contributed by atoms with Gasteiger partial charge in [0, 0.05) is 19.2 Å². The fourth-order valence-electron chi connectivity index (χ4n) is 2.49. The Labute approximate surface area is 105 Å². The van der Waals surface area contributed by atoms with Crippen LogP contribution in [-0.2, 0) is 6.42 Å². The number of aromatic nitrogens is 2. The van der Waals surface area contributed by atoms with Gasteiger partial charge in [0.25, 0.3) is 0 Å². The van der Waals surface area contributed by atoms with E-state index in [-0.39, 0.29) is 0 Å². The third-order valence-corrected chi connectivity index (χ3v) is 3.47. The average Bonchev–Trinajstić information content (AvgIpc) is 2.94. The van der Waals surface area contributed by atoms with E-state index >= 15 is 0 Å². The molecule has 1 aromatic rings. The van der Waals surface area contributed by atoms with Gasteiger partial charge in [-0.1, -0.05) is 26.7 Å². The molecule has 0 bridgehead atoms. The normalized spacial score (nSPS) is 17.1. The molecule has 0 aliphatic heterocycles. The second kappa shape index (κ2) is 6.20. The molecule has 0 atom stereocenters. The second-order valence-electron chi connectivity index (χ2n) is 5.57. The maximum Gasteiger partial charge on any atom is 0.0637 e. The molecule has 0 unspecified atom stereocenters. The van der Waals surface area contributed by atoms with Crippen molar-refractivity contribution in [3.63, 3.8) is 0 Å². The molecule has 1 aromatic heterocycles. The van der Waals surface area contributed by atoms with Crippen LogP contribution in [0.3, 0.4) is 0 Å². The van der Waals surface area contributed by atoms with Crippen LogP contribution in [0.1, 0.15) is 51.3 Å². The zero-order valence-electron chi connectivity index (χ0n) is 11.2. The van der Waals surface area contributed by atoms with Crippen molar-refractivity contribution in [1.29, 1.82) is 0 Å². The molecule has 1 aliphatic rings. The molecule has 0 radical (unpaired) electrons. The molecule has 1 heterocycles. The van der Waals surface area contributed by atoms with Gasteiger partial charge >= 0.3 is 0 Å². The summed E-state index contributed by atoms with van der Waals surface area (Å²) in [5.41, 5.74) is 1.23. The fraction of sp³-hybridized carbons (Fsp3) is 0.786. The summed E-state index contributed by atoms with van der Waals surface area (Å²) in [5, 5.41) is 8.15. The van der Waals surface area contributed by atoms with E-state index in [9.17, 15) is 0 Å². The minimum atomic E-state index is 0.673. The molecule has 1 saturated carbocycles. The summed E-state index contributed by atoms with van der Waals surface area (Å²) in [4.78, 5) is 0. The molecule has 3 nitrogen and oxygen atoms in total. The molecule has 0 amide bonds. The maximum absolute atomic E-state index is 4.69. The quantitative estimate of drug-likeness (QED) is 0.768. The lowest BCUT2D eigenvalue weighted by atomic mass is 10.2. The molecule has 0 spiro atoms. The van der Waals surface area contributed by atoms with Crippen molar-refractivity contribution >= 4 is 0 Å². The minimum absolute atomic E-state index is 0.673. The van der Waals surface area contributed by atoms with Crippen LogP contribution in [0.5, 0.6) is 0 Å². The Hall–Kier alpha value is -0.830. The van der Waals surface area contributed by atoms with Crippen LogP contribution in [0.25, 0.3) is 0 Å². The topological polar surface area (TPSA) is 29.9 Å². The number of hydrogen-bond donors (Lipinski definition) is 1. The van der Waals surface area contributed by atoms with E-state index in [1.165, 1.54) is 31.4 Å². The summed E-state index contributed by atoms with van der Waals surface area (Å²) in [5.74, 6) is 0.728. The van der Waals surface area contributed by atoms with Gasteiger partial charge in [-0.25, -0.2) is 0 Å². The van der Waals surface area contributed by atoms with Gasteiger partial charge in [0.2, 0.25) is 0 Å².